The lowest BCUT2D eigenvalue weighted by Gasteiger charge is -2.07. The number of nitrogens with zero attached hydrogens (tertiary/aromatic N) is 4. The van der Waals surface area contributed by atoms with Crippen molar-refractivity contribution in [3.8, 4) is 23.0 Å². The van der Waals surface area contributed by atoms with Crippen molar-refractivity contribution in [1.29, 1.82) is 5.26 Å². The number of hydrogen-bond acceptors (Lipinski definition) is 3. The van der Waals surface area contributed by atoms with Crippen LogP contribution in [0.2, 0.25) is 0 Å². The first-order valence-corrected chi connectivity index (χ1v) is 7.65. The van der Waals surface area contributed by atoms with E-state index in [0.717, 1.165) is 20.2 Å². The van der Waals surface area contributed by atoms with E-state index in [4.69, 9.17) is 0 Å². The molecule has 1 aromatic heterocycles. The van der Waals surface area contributed by atoms with E-state index in [-0.39, 0.29) is 0 Å². The third-order valence-corrected chi connectivity index (χ3v) is 4.02. The molecule has 0 N–H and O–H groups in total. The fourth-order valence-corrected chi connectivity index (χ4v) is 2.52. The average Bonchev–Trinajstić information content (AvgIpc) is 2.93. The molecule has 1 heterocycles. The first-order chi connectivity index (χ1) is 10.2. The molecule has 2 aromatic carbocycles. The molecule has 0 saturated heterocycles. The summed E-state index contributed by atoms with van der Waals surface area (Å²) in [7, 11) is 0. The molecule has 21 heavy (non-hydrogen) atoms. The Labute approximate surface area is 138 Å². The van der Waals surface area contributed by atoms with Gasteiger partial charge in [0.1, 0.15) is 11.8 Å². The molecule has 0 aliphatic heterocycles. The zero-order valence-electron chi connectivity index (χ0n) is 10.7. The van der Waals surface area contributed by atoms with Gasteiger partial charge in [-0.2, -0.15) is 5.26 Å². The van der Waals surface area contributed by atoms with Crippen LogP contribution in [0.15, 0.2) is 57.5 Å². The molecule has 0 bridgehead atoms. The van der Waals surface area contributed by atoms with Gasteiger partial charge in [-0.3, -0.25) is 0 Å². The van der Waals surface area contributed by atoms with Gasteiger partial charge in [-0.15, -0.1) is 5.10 Å². The summed E-state index contributed by atoms with van der Waals surface area (Å²) >= 11 is 6.81. The standard InChI is InChI=1S/C15H8Br2N4/c16-11-3-1-10(2-4-11)15-14(9-18)19-20-21(15)13-7-5-12(17)6-8-13/h1-8H. The Balaban J connectivity index is 2.19. The second-order valence-electron chi connectivity index (χ2n) is 4.29. The molecule has 0 aliphatic rings. The minimum atomic E-state index is 0.306. The molecule has 102 valence electrons. The maximum atomic E-state index is 9.26. The van der Waals surface area contributed by atoms with Crippen LogP contribution in [0.3, 0.4) is 0 Å². The topological polar surface area (TPSA) is 54.5 Å². The minimum absolute atomic E-state index is 0.306. The van der Waals surface area contributed by atoms with Gasteiger partial charge in [0, 0.05) is 14.5 Å². The van der Waals surface area contributed by atoms with Gasteiger partial charge in [0.05, 0.1) is 5.69 Å². The monoisotopic (exact) mass is 402 g/mol. The zero-order valence-corrected chi connectivity index (χ0v) is 13.8. The molecule has 0 fully saturated rings. The lowest BCUT2D eigenvalue weighted by molar-refractivity contribution is 0.806. The van der Waals surface area contributed by atoms with E-state index in [1.54, 1.807) is 4.68 Å². The van der Waals surface area contributed by atoms with Crippen molar-refractivity contribution in [1.82, 2.24) is 15.0 Å². The van der Waals surface area contributed by atoms with Crippen LogP contribution in [0.25, 0.3) is 16.9 Å². The van der Waals surface area contributed by atoms with E-state index in [1.165, 1.54) is 0 Å². The normalized spacial score (nSPS) is 10.3. The summed E-state index contributed by atoms with van der Waals surface area (Å²) in [5.41, 5.74) is 2.74. The predicted molar refractivity (Wildman–Crippen MR) is 86.9 cm³/mol. The summed E-state index contributed by atoms with van der Waals surface area (Å²) < 4.78 is 3.64. The van der Waals surface area contributed by atoms with Gasteiger partial charge in [0.15, 0.2) is 5.69 Å². The Morgan fingerprint density at radius 2 is 1.48 bits per heavy atom. The van der Waals surface area contributed by atoms with Gasteiger partial charge in [-0.05, 0) is 36.4 Å². The molecule has 0 radical (unpaired) electrons. The second kappa shape index (κ2) is 5.80. The molecule has 0 aliphatic carbocycles. The van der Waals surface area contributed by atoms with Gasteiger partial charge < -0.3 is 0 Å². The van der Waals surface area contributed by atoms with Crippen molar-refractivity contribution in [2.75, 3.05) is 0 Å². The van der Waals surface area contributed by atoms with Crippen molar-refractivity contribution in [3.05, 3.63) is 63.2 Å². The Bertz CT molecular complexity index is 814. The smallest absolute Gasteiger partial charge is 0.191 e. The first-order valence-electron chi connectivity index (χ1n) is 6.07. The number of nitriles is 1. The molecule has 4 nitrogen and oxygen atoms in total. The molecule has 3 rings (SSSR count). The zero-order chi connectivity index (χ0) is 14.8. The quantitative estimate of drug-likeness (QED) is 0.639. The van der Waals surface area contributed by atoms with Crippen LogP contribution in [0.4, 0.5) is 0 Å². The molecule has 0 amide bonds. The lowest BCUT2D eigenvalue weighted by atomic mass is 10.1. The number of aromatic nitrogens is 3. The van der Waals surface area contributed by atoms with E-state index in [2.05, 4.69) is 48.2 Å². The Morgan fingerprint density at radius 1 is 0.905 bits per heavy atom. The third-order valence-electron chi connectivity index (χ3n) is 2.97. The third kappa shape index (κ3) is 2.75. The van der Waals surface area contributed by atoms with Crippen LogP contribution < -0.4 is 0 Å². The van der Waals surface area contributed by atoms with Crippen LogP contribution in [0, 0.1) is 11.3 Å². The van der Waals surface area contributed by atoms with Crippen LogP contribution in [-0.2, 0) is 0 Å². The predicted octanol–water partition coefficient (Wildman–Crippen LogP) is 4.33. The summed E-state index contributed by atoms with van der Waals surface area (Å²) in [5, 5.41) is 17.3. The molecule has 0 saturated carbocycles. The van der Waals surface area contributed by atoms with Crippen molar-refractivity contribution >= 4 is 31.9 Å². The van der Waals surface area contributed by atoms with Crippen LogP contribution >= 0.6 is 31.9 Å². The Morgan fingerprint density at radius 3 is 2.05 bits per heavy atom. The van der Waals surface area contributed by atoms with Crippen LogP contribution in [-0.4, -0.2) is 15.0 Å². The van der Waals surface area contributed by atoms with Gasteiger partial charge in [0.2, 0.25) is 0 Å². The summed E-state index contributed by atoms with van der Waals surface area (Å²) in [6.45, 7) is 0. The fraction of sp³-hybridized carbons (Fsp3) is 0. The maximum Gasteiger partial charge on any atom is 0.191 e. The number of halogens is 2. The van der Waals surface area contributed by atoms with Crippen molar-refractivity contribution in [2.45, 2.75) is 0 Å². The van der Waals surface area contributed by atoms with Gasteiger partial charge >= 0.3 is 0 Å². The van der Waals surface area contributed by atoms with E-state index in [9.17, 15) is 5.26 Å². The highest BCUT2D eigenvalue weighted by Crippen LogP contribution is 2.26. The molecule has 3 aromatic rings. The Hall–Kier alpha value is -1.97. The molecular formula is C15H8Br2N4. The van der Waals surface area contributed by atoms with Gasteiger partial charge in [-0.1, -0.05) is 49.2 Å². The van der Waals surface area contributed by atoms with E-state index in [0.29, 0.717) is 11.4 Å². The molecule has 0 spiro atoms. The van der Waals surface area contributed by atoms with Crippen LogP contribution in [0.5, 0.6) is 0 Å². The molecular weight excluding hydrogens is 396 g/mol. The summed E-state index contributed by atoms with van der Waals surface area (Å²) in [6, 6.07) is 17.5. The van der Waals surface area contributed by atoms with Gasteiger partial charge in [-0.25, -0.2) is 4.68 Å². The highest BCUT2D eigenvalue weighted by Gasteiger charge is 2.16. The van der Waals surface area contributed by atoms with E-state index < -0.39 is 0 Å². The summed E-state index contributed by atoms with van der Waals surface area (Å²) in [6.07, 6.45) is 0. The van der Waals surface area contributed by atoms with Crippen molar-refractivity contribution in [3.63, 3.8) is 0 Å². The minimum Gasteiger partial charge on any atom is -0.211 e. The molecule has 0 atom stereocenters. The largest absolute Gasteiger partial charge is 0.211 e. The number of rotatable bonds is 2. The average molecular weight is 404 g/mol. The fourth-order valence-electron chi connectivity index (χ4n) is 1.99. The lowest BCUT2D eigenvalue weighted by Crippen LogP contribution is -1.99. The highest BCUT2D eigenvalue weighted by molar-refractivity contribution is 9.10. The van der Waals surface area contributed by atoms with Crippen molar-refractivity contribution < 1.29 is 0 Å². The Kier molecular flexibility index (Phi) is 3.86. The number of hydrogen-bond donors (Lipinski definition) is 0. The van der Waals surface area contributed by atoms with E-state index >= 15 is 0 Å². The van der Waals surface area contributed by atoms with Crippen LogP contribution in [0.1, 0.15) is 5.69 Å². The SMILES string of the molecule is N#Cc1nnn(-c2ccc(Br)cc2)c1-c1ccc(Br)cc1. The number of benzene rings is 2. The summed E-state index contributed by atoms with van der Waals surface area (Å²) in [5.74, 6) is 0. The highest BCUT2D eigenvalue weighted by atomic mass is 79.9. The first kappa shape index (κ1) is 14.0. The summed E-state index contributed by atoms with van der Waals surface area (Å²) in [4.78, 5) is 0. The molecule has 6 heteroatoms. The van der Waals surface area contributed by atoms with E-state index in [1.807, 2.05) is 48.5 Å². The maximum absolute atomic E-state index is 9.26. The molecule has 0 unspecified atom stereocenters. The van der Waals surface area contributed by atoms with Gasteiger partial charge in [0.25, 0.3) is 0 Å². The van der Waals surface area contributed by atoms with Crippen molar-refractivity contribution in [2.24, 2.45) is 0 Å². The second-order valence-corrected chi connectivity index (χ2v) is 6.12.